The Labute approximate surface area is 85.5 Å². The summed E-state index contributed by atoms with van der Waals surface area (Å²) in [6.45, 7) is 3.43. The van der Waals surface area contributed by atoms with Gasteiger partial charge >= 0.3 is 0 Å². The number of rotatable bonds is 3. The summed E-state index contributed by atoms with van der Waals surface area (Å²) in [6, 6.07) is 2.12. The van der Waals surface area contributed by atoms with Crippen LogP contribution in [0.2, 0.25) is 0 Å². The van der Waals surface area contributed by atoms with E-state index in [1.807, 2.05) is 17.9 Å². The van der Waals surface area contributed by atoms with Crippen LogP contribution in [0.3, 0.4) is 0 Å². The van der Waals surface area contributed by atoms with E-state index in [1.54, 1.807) is 0 Å². The van der Waals surface area contributed by atoms with Crippen molar-refractivity contribution in [3.8, 4) is 0 Å². The third kappa shape index (κ3) is 1.82. The smallest absolute Gasteiger partial charge is 0.0642 e. The maximum atomic E-state index is 4.44. The molecule has 1 aromatic heterocycles. The molecule has 78 valence electrons. The maximum absolute atomic E-state index is 4.44. The number of hydrogen-bond donors (Lipinski definition) is 1. The second-order valence-electron chi connectivity index (χ2n) is 4.32. The maximum Gasteiger partial charge on any atom is 0.0642 e. The van der Waals surface area contributed by atoms with E-state index >= 15 is 0 Å². The van der Waals surface area contributed by atoms with Crippen molar-refractivity contribution >= 4 is 0 Å². The molecule has 1 aliphatic heterocycles. The molecule has 1 aromatic rings. The van der Waals surface area contributed by atoms with Gasteiger partial charge in [-0.25, -0.2) is 0 Å². The SMILES string of the molecule is CCC1(Cc2ccn(C)n2)CCCN1. The van der Waals surface area contributed by atoms with Crippen LogP contribution in [-0.4, -0.2) is 21.9 Å². The minimum absolute atomic E-state index is 0.328. The fraction of sp³-hybridized carbons (Fsp3) is 0.727. The molecule has 3 nitrogen and oxygen atoms in total. The van der Waals surface area contributed by atoms with Gasteiger partial charge in [0.2, 0.25) is 0 Å². The summed E-state index contributed by atoms with van der Waals surface area (Å²) < 4.78 is 1.88. The molecule has 2 heterocycles. The molecule has 0 bridgehead atoms. The minimum atomic E-state index is 0.328. The topological polar surface area (TPSA) is 29.9 Å². The van der Waals surface area contributed by atoms with Crippen LogP contribution < -0.4 is 5.32 Å². The Hall–Kier alpha value is -0.830. The fourth-order valence-corrected chi connectivity index (χ4v) is 2.35. The molecule has 0 radical (unpaired) electrons. The highest BCUT2D eigenvalue weighted by atomic mass is 15.2. The van der Waals surface area contributed by atoms with Gasteiger partial charge in [-0.2, -0.15) is 5.10 Å². The van der Waals surface area contributed by atoms with Crippen molar-refractivity contribution in [3.05, 3.63) is 18.0 Å². The lowest BCUT2D eigenvalue weighted by atomic mass is 9.89. The van der Waals surface area contributed by atoms with Crippen LogP contribution in [0.15, 0.2) is 12.3 Å². The van der Waals surface area contributed by atoms with E-state index < -0.39 is 0 Å². The Balaban J connectivity index is 2.08. The van der Waals surface area contributed by atoms with E-state index in [9.17, 15) is 0 Å². The van der Waals surface area contributed by atoms with Gasteiger partial charge < -0.3 is 5.32 Å². The number of aromatic nitrogens is 2. The number of hydrogen-bond acceptors (Lipinski definition) is 2. The highest BCUT2D eigenvalue weighted by Crippen LogP contribution is 2.26. The first-order valence-electron chi connectivity index (χ1n) is 5.48. The van der Waals surface area contributed by atoms with Crippen LogP contribution in [0.25, 0.3) is 0 Å². The van der Waals surface area contributed by atoms with E-state index in [2.05, 4.69) is 23.4 Å². The van der Waals surface area contributed by atoms with Gasteiger partial charge in [0, 0.05) is 25.2 Å². The third-order valence-corrected chi connectivity index (χ3v) is 3.30. The van der Waals surface area contributed by atoms with Crippen LogP contribution >= 0.6 is 0 Å². The molecule has 1 saturated heterocycles. The van der Waals surface area contributed by atoms with Gasteiger partial charge in [0.15, 0.2) is 0 Å². The van der Waals surface area contributed by atoms with Gasteiger partial charge in [0.1, 0.15) is 0 Å². The highest BCUT2D eigenvalue weighted by Gasteiger charge is 2.32. The van der Waals surface area contributed by atoms with E-state index in [4.69, 9.17) is 0 Å². The largest absolute Gasteiger partial charge is 0.311 e. The average molecular weight is 193 g/mol. The van der Waals surface area contributed by atoms with Crippen molar-refractivity contribution in [1.82, 2.24) is 15.1 Å². The van der Waals surface area contributed by atoms with E-state index in [1.165, 1.54) is 31.5 Å². The summed E-state index contributed by atoms with van der Waals surface area (Å²) in [5.74, 6) is 0. The first-order chi connectivity index (χ1) is 6.74. The number of aryl methyl sites for hydroxylation is 1. The predicted molar refractivity (Wildman–Crippen MR) is 57.2 cm³/mol. The molecule has 3 heteroatoms. The lowest BCUT2D eigenvalue weighted by molar-refractivity contribution is 0.355. The third-order valence-electron chi connectivity index (χ3n) is 3.30. The Bertz CT molecular complexity index is 297. The predicted octanol–water partition coefficient (Wildman–Crippen LogP) is 1.49. The quantitative estimate of drug-likeness (QED) is 0.788. The molecular formula is C11H19N3. The zero-order valence-electron chi connectivity index (χ0n) is 9.08. The second kappa shape index (κ2) is 3.73. The van der Waals surface area contributed by atoms with Crippen molar-refractivity contribution in [2.45, 2.75) is 38.1 Å². The van der Waals surface area contributed by atoms with Crippen molar-refractivity contribution in [2.24, 2.45) is 7.05 Å². The monoisotopic (exact) mass is 193 g/mol. The molecule has 0 saturated carbocycles. The van der Waals surface area contributed by atoms with Crippen LogP contribution in [-0.2, 0) is 13.5 Å². The Morgan fingerprint density at radius 2 is 2.50 bits per heavy atom. The van der Waals surface area contributed by atoms with Crippen molar-refractivity contribution in [3.63, 3.8) is 0 Å². The van der Waals surface area contributed by atoms with E-state index in [-0.39, 0.29) is 0 Å². The summed E-state index contributed by atoms with van der Waals surface area (Å²) in [4.78, 5) is 0. The van der Waals surface area contributed by atoms with Crippen LogP contribution in [0.5, 0.6) is 0 Å². The zero-order chi connectivity index (χ0) is 10.0. The van der Waals surface area contributed by atoms with Gasteiger partial charge in [-0.3, -0.25) is 4.68 Å². The van der Waals surface area contributed by atoms with E-state index in [0.717, 1.165) is 6.42 Å². The standard InChI is InChI=1S/C11H19N3/c1-3-11(6-4-7-12-11)9-10-5-8-14(2)13-10/h5,8,12H,3-4,6-7,9H2,1-2H3. The summed E-state index contributed by atoms with van der Waals surface area (Å²) in [7, 11) is 1.98. The summed E-state index contributed by atoms with van der Waals surface area (Å²) >= 11 is 0. The molecule has 0 aromatic carbocycles. The molecule has 1 aliphatic rings. The Morgan fingerprint density at radius 1 is 1.64 bits per heavy atom. The summed E-state index contributed by atoms with van der Waals surface area (Å²) in [5.41, 5.74) is 1.54. The first kappa shape index (κ1) is 9.71. The van der Waals surface area contributed by atoms with Crippen molar-refractivity contribution < 1.29 is 0 Å². The van der Waals surface area contributed by atoms with Gasteiger partial charge in [-0.05, 0) is 31.9 Å². The molecule has 0 aliphatic carbocycles. The van der Waals surface area contributed by atoms with Crippen LogP contribution in [0.4, 0.5) is 0 Å². The molecule has 2 rings (SSSR count). The van der Waals surface area contributed by atoms with E-state index in [0.29, 0.717) is 5.54 Å². The Kier molecular flexibility index (Phi) is 2.59. The van der Waals surface area contributed by atoms with Gasteiger partial charge in [-0.15, -0.1) is 0 Å². The van der Waals surface area contributed by atoms with Gasteiger partial charge in [0.25, 0.3) is 0 Å². The number of nitrogens with one attached hydrogen (secondary N) is 1. The lowest BCUT2D eigenvalue weighted by Gasteiger charge is -2.27. The zero-order valence-corrected chi connectivity index (χ0v) is 9.08. The van der Waals surface area contributed by atoms with Crippen molar-refractivity contribution in [2.75, 3.05) is 6.54 Å². The average Bonchev–Trinajstić information content (AvgIpc) is 2.77. The highest BCUT2D eigenvalue weighted by molar-refractivity contribution is 5.07. The van der Waals surface area contributed by atoms with Gasteiger partial charge in [0.05, 0.1) is 5.69 Å². The first-order valence-corrected chi connectivity index (χ1v) is 5.48. The molecule has 14 heavy (non-hydrogen) atoms. The molecule has 1 unspecified atom stereocenters. The Morgan fingerprint density at radius 3 is 3.00 bits per heavy atom. The molecule has 1 atom stereocenters. The summed E-state index contributed by atoms with van der Waals surface area (Å²) in [6.07, 6.45) is 6.89. The van der Waals surface area contributed by atoms with Gasteiger partial charge in [-0.1, -0.05) is 6.92 Å². The van der Waals surface area contributed by atoms with Crippen molar-refractivity contribution in [1.29, 1.82) is 0 Å². The second-order valence-corrected chi connectivity index (χ2v) is 4.32. The van der Waals surface area contributed by atoms with Crippen LogP contribution in [0, 0.1) is 0 Å². The molecule has 1 fully saturated rings. The molecule has 1 N–H and O–H groups in total. The fourth-order valence-electron chi connectivity index (χ4n) is 2.35. The molecule has 0 amide bonds. The lowest BCUT2D eigenvalue weighted by Crippen LogP contribution is -2.41. The van der Waals surface area contributed by atoms with Crippen LogP contribution in [0.1, 0.15) is 31.9 Å². The molecule has 0 spiro atoms. The molecular weight excluding hydrogens is 174 g/mol. The number of nitrogens with zero attached hydrogens (tertiary/aromatic N) is 2. The minimum Gasteiger partial charge on any atom is -0.311 e. The normalized spacial score (nSPS) is 27.0. The summed E-state index contributed by atoms with van der Waals surface area (Å²) in [5, 5.41) is 8.07.